The second-order valence-corrected chi connectivity index (χ2v) is 4.59. The molecule has 0 aliphatic carbocycles. The molecule has 0 heterocycles. The Morgan fingerprint density at radius 1 is 1.15 bits per heavy atom. The topological polar surface area (TPSA) is 47.9 Å². The van der Waals surface area contributed by atoms with Crippen molar-refractivity contribution >= 4 is 0 Å². The summed E-state index contributed by atoms with van der Waals surface area (Å²) < 4.78 is 16.1. The van der Waals surface area contributed by atoms with Crippen molar-refractivity contribution in [2.45, 2.75) is 26.2 Å². The molecule has 1 aromatic rings. The number of hydrogen-bond acceptors (Lipinski definition) is 4. The zero-order valence-electron chi connectivity index (χ0n) is 12.4. The zero-order chi connectivity index (χ0) is 14.6. The molecular formula is C16H25O4. The molecular weight excluding hydrogens is 256 g/mol. The van der Waals surface area contributed by atoms with E-state index in [4.69, 9.17) is 19.3 Å². The molecule has 20 heavy (non-hydrogen) atoms. The molecule has 4 heteroatoms. The summed E-state index contributed by atoms with van der Waals surface area (Å²) >= 11 is 0. The molecule has 0 saturated heterocycles. The molecule has 0 aromatic heterocycles. The van der Waals surface area contributed by atoms with Crippen molar-refractivity contribution in [1.29, 1.82) is 0 Å². The molecule has 0 bridgehead atoms. The number of aliphatic hydroxyl groups excluding tert-OH is 1. The summed E-state index contributed by atoms with van der Waals surface area (Å²) in [6.07, 6.45) is 1.09. The van der Waals surface area contributed by atoms with Crippen LogP contribution in [0, 0.1) is 6.07 Å². The van der Waals surface area contributed by atoms with Crippen LogP contribution in [0.1, 0.15) is 31.7 Å². The van der Waals surface area contributed by atoms with Crippen LogP contribution in [-0.4, -0.2) is 44.7 Å². The van der Waals surface area contributed by atoms with E-state index < -0.39 is 0 Å². The van der Waals surface area contributed by atoms with Crippen LogP contribution in [-0.2, 0) is 9.47 Å². The predicted molar refractivity (Wildman–Crippen MR) is 78.2 cm³/mol. The van der Waals surface area contributed by atoms with Gasteiger partial charge in [-0.2, -0.15) is 0 Å². The molecule has 0 amide bonds. The van der Waals surface area contributed by atoms with Gasteiger partial charge in [0, 0.05) is 0 Å². The van der Waals surface area contributed by atoms with Gasteiger partial charge < -0.3 is 19.3 Å². The highest BCUT2D eigenvalue weighted by Gasteiger charge is 2.04. The lowest BCUT2D eigenvalue weighted by Crippen LogP contribution is -2.12. The highest BCUT2D eigenvalue weighted by atomic mass is 16.5. The fraction of sp³-hybridized carbons (Fsp3) is 0.625. The summed E-state index contributed by atoms with van der Waals surface area (Å²) in [7, 11) is 0. The van der Waals surface area contributed by atoms with E-state index in [1.165, 1.54) is 5.56 Å². The van der Waals surface area contributed by atoms with E-state index in [1.807, 2.05) is 18.2 Å². The summed E-state index contributed by atoms with van der Waals surface area (Å²) in [6.45, 7) is 6.82. The van der Waals surface area contributed by atoms with Gasteiger partial charge >= 0.3 is 0 Å². The van der Waals surface area contributed by atoms with E-state index in [2.05, 4.69) is 19.9 Å². The Morgan fingerprint density at radius 2 is 1.85 bits per heavy atom. The van der Waals surface area contributed by atoms with Crippen LogP contribution < -0.4 is 4.74 Å². The maximum Gasteiger partial charge on any atom is 0.119 e. The first kappa shape index (κ1) is 17.0. The average molecular weight is 281 g/mol. The fourth-order valence-electron chi connectivity index (χ4n) is 1.66. The van der Waals surface area contributed by atoms with Gasteiger partial charge in [0.1, 0.15) is 12.4 Å². The Hall–Kier alpha value is -1.10. The third-order valence-electron chi connectivity index (χ3n) is 3.04. The molecule has 0 saturated carbocycles. The Morgan fingerprint density at radius 3 is 2.55 bits per heavy atom. The van der Waals surface area contributed by atoms with Crippen molar-refractivity contribution < 1.29 is 19.3 Å². The van der Waals surface area contributed by atoms with Gasteiger partial charge in [0.2, 0.25) is 0 Å². The Bertz CT molecular complexity index is 354. The number of ether oxygens (including phenoxy) is 3. The molecule has 0 fully saturated rings. The quantitative estimate of drug-likeness (QED) is 0.633. The molecule has 1 rings (SSSR count). The van der Waals surface area contributed by atoms with Crippen molar-refractivity contribution in [2.75, 3.05) is 39.6 Å². The third kappa shape index (κ3) is 6.89. The molecule has 113 valence electrons. The third-order valence-corrected chi connectivity index (χ3v) is 3.04. The van der Waals surface area contributed by atoms with E-state index in [0.29, 0.717) is 39.0 Å². The summed E-state index contributed by atoms with van der Waals surface area (Å²) in [6, 6.07) is 9.10. The summed E-state index contributed by atoms with van der Waals surface area (Å²) in [4.78, 5) is 0. The first-order chi connectivity index (χ1) is 9.77. The van der Waals surface area contributed by atoms with E-state index in [0.717, 1.165) is 12.2 Å². The maximum absolute atomic E-state index is 8.52. The van der Waals surface area contributed by atoms with Gasteiger partial charge in [0.25, 0.3) is 0 Å². The van der Waals surface area contributed by atoms with Crippen LogP contribution in [0.4, 0.5) is 0 Å². The average Bonchev–Trinajstić information content (AvgIpc) is 2.49. The van der Waals surface area contributed by atoms with Gasteiger partial charge in [-0.25, -0.2) is 0 Å². The van der Waals surface area contributed by atoms with Crippen molar-refractivity contribution in [1.82, 2.24) is 0 Å². The standard InChI is InChI=1S/C16H25O4/c1-3-14(2)15-5-4-6-16(13-15)20-12-11-19-10-9-18-8-7-17/h4,6,13-14,17H,3,7-12H2,1-2H3. The second kappa shape index (κ2) is 10.7. The number of rotatable bonds is 11. The van der Waals surface area contributed by atoms with E-state index >= 15 is 0 Å². The lowest BCUT2D eigenvalue weighted by atomic mass is 9.99. The van der Waals surface area contributed by atoms with Crippen LogP contribution in [0.15, 0.2) is 18.2 Å². The molecule has 1 radical (unpaired) electrons. The molecule has 1 aromatic carbocycles. The van der Waals surface area contributed by atoms with Crippen LogP contribution >= 0.6 is 0 Å². The van der Waals surface area contributed by atoms with Crippen LogP contribution in [0.25, 0.3) is 0 Å². The van der Waals surface area contributed by atoms with Crippen LogP contribution in [0.5, 0.6) is 5.75 Å². The Balaban J connectivity index is 2.15. The minimum Gasteiger partial charge on any atom is -0.491 e. The summed E-state index contributed by atoms with van der Waals surface area (Å²) in [5, 5.41) is 8.52. The highest BCUT2D eigenvalue weighted by Crippen LogP contribution is 2.22. The number of aliphatic hydroxyl groups is 1. The lowest BCUT2D eigenvalue weighted by molar-refractivity contribution is 0.0247. The van der Waals surface area contributed by atoms with Crippen LogP contribution in [0.2, 0.25) is 0 Å². The van der Waals surface area contributed by atoms with Crippen molar-refractivity contribution in [2.24, 2.45) is 0 Å². The van der Waals surface area contributed by atoms with Gasteiger partial charge in [-0.1, -0.05) is 19.9 Å². The smallest absolute Gasteiger partial charge is 0.119 e. The van der Waals surface area contributed by atoms with Crippen molar-refractivity contribution in [3.8, 4) is 5.75 Å². The van der Waals surface area contributed by atoms with E-state index in [-0.39, 0.29) is 6.61 Å². The van der Waals surface area contributed by atoms with E-state index in [9.17, 15) is 0 Å². The van der Waals surface area contributed by atoms with Crippen molar-refractivity contribution in [3.63, 3.8) is 0 Å². The molecule has 0 aliphatic rings. The normalized spacial score (nSPS) is 12.3. The molecule has 1 N–H and O–H groups in total. The number of benzene rings is 1. The number of hydrogen-bond donors (Lipinski definition) is 1. The maximum atomic E-state index is 8.52. The monoisotopic (exact) mass is 281 g/mol. The minimum absolute atomic E-state index is 0.0483. The molecule has 0 spiro atoms. The van der Waals surface area contributed by atoms with Gasteiger partial charge in [0.15, 0.2) is 0 Å². The second-order valence-electron chi connectivity index (χ2n) is 4.59. The first-order valence-electron chi connectivity index (χ1n) is 7.18. The molecule has 0 aliphatic heterocycles. The largest absolute Gasteiger partial charge is 0.491 e. The first-order valence-corrected chi connectivity index (χ1v) is 7.18. The van der Waals surface area contributed by atoms with Crippen molar-refractivity contribution in [3.05, 3.63) is 29.8 Å². The lowest BCUT2D eigenvalue weighted by Gasteiger charge is -2.11. The minimum atomic E-state index is 0.0483. The van der Waals surface area contributed by atoms with Crippen LogP contribution in [0.3, 0.4) is 0 Å². The molecule has 4 nitrogen and oxygen atoms in total. The molecule has 1 unspecified atom stereocenters. The highest BCUT2D eigenvalue weighted by molar-refractivity contribution is 5.29. The fourth-order valence-corrected chi connectivity index (χ4v) is 1.66. The Kier molecular flexibility index (Phi) is 9.04. The summed E-state index contributed by atoms with van der Waals surface area (Å²) in [5.74, 6) is 1.36. The van der Waals surface area contributed by atoms with Gasteiger partial charge in [-0.15, -0.1) is 0 Å². The molecule has 1 atom stereocenters. The van der Waals surface area contributed by atoms with E-state index in [1.54, 1.807) is 0 Å². The van der Waals surface area contributed by atoms with Gasteiger partial charge in [0.05, 0.1) is 33.0 Å². The Labute approximate surface area is 121 Å². The zero-order valence-corrected chi connectivity index (χ0v) is 12.4. The SMILES string of the molecule is CCC(C)c1[c]ccc(OCCOCCOCCO)c1. The van der Waals surface area contributed by atoms with Gasteiger partial charge in [-0.3, -0.25) is 0 Å². The predicted octanol–water partition coefficient (Wildman–Crippen LogP) is 2.40. The summed E-state index contributed by atoms with van der Waals surface area (Å²) in [5.41, 5.74) is 1.18. The van der Waals surface area contributed by atoms with Gasteiger partial charge in [-0.05, 0) is 36.1 Å².